The van der Waals surface area contributed by atoms with Crippen LogP contribution in [0.15, 0.2) is 29.2 Å². The summed E-state index contributed by atoms with van der Waals surface area (Å²) in [5, 5.41) is 6.49. The van der Waals surface area contributed by atoms with E-state index in [0.717, 1.165) is 44.5 Å². The summed E-state index contributed by atoms with van der Waals surface area (Å²) in [6, 6.07) is 4.96. The van der Waals surface area contributed by atoms with Gasteiger partial charge in [-0.25, -0.2) is 8.42 Å². The molecule has 1 unspecified atom stereocenters. The second-order valence-corrected chi connectivity index (χ2v) is 6.94. The van der Waals surface area contributed by atoms with E-state index in [4.69, 9.17) is 0 Å². The van der Waals surface area contributed by atoms with Crippen molar-refractivity contribution in [1.82, 2.24) is 5.32 Å². The fourth-order valence-corrected chi connectivity index (χ4v) is 3.02. The predicted octanol–water partition coefficient (Wildman–Crippen LogP) is 2.53. The lowest BCUT2D eigenvalue weighted by Crippen LogP contribution is -2.23. The normalized spacial score (nSPS) is 20.8. The summed E-state index contributed by atoms with van der Waals surface area (Å²) >= 11 is 0. The number of rotatable bonds is 3. The minimum absolute atomic E-state index is 0.241. The molecular formula is C13H17F3N2O2S. The van der Waals surface area contributed by atoms with E-state index in [1.54, 1.807) is 0 Å². The molecule has 2 N–H and O–H groups in total. The quantitative estimate of drug-likeness (QED) is 0.898. The van der Waals surface area contributed by atoms with E-state index in [0.29, 0.717) is 5.69 Å². The van der Waals surface area contributed by atoms with Crippen molar-refractivity contribution in [2.24, 2.45) is 0 Å². The van der Waals surface area contributed by atoms with Crippen molar-refractivity contribution < 1.29 is 21.6 Å². The van der Waals surface area contributed by atoms with Crippen molar-refractivity contribution in [1.29, 1.82) is 0 Å². The zero-order valence-electron chi connectivity index (χ0n) is 11.3. The summed E-state index contributed by atoms with van der Waals surface area (Å²) in [4.78, 5) is -0.733. The van der Waals surface area contributed by atoms with E-state index in [9.17, 15) is 21.6 Å². The Hall–Kier alpha value is -1.28. The lowest BCUT2D eigenvalue weighted by molar-refractivity contribution is -0.0436. The van der Waals surface area contributed by atoms with Gasteiger partial charge in [-0.2, -0.15) is 13.2 Å². The molecule has 0 amide bonds. The molecule has 4 nitrogen and oxygen atoms in total. The number of hydrogen-bond donors (Lipinski definition) is 2. The first kappa shape index (κ1) is 16.1. The highest BCUT2D eigenvalue weighted by Crippen LogP contribution is 2.30. The number of halogens is 3. The fraction of sp³-hybridized carbons (Fsp3) is 0.538. The van der Waals surface area contributed by atoms with Crippen LogP contribution in [0.25, 0.3) is 0 Å². The van der Waals surface area contributed by atoms with E-state index >= 15 is 0 Å². The molecule has 1 aromatic carbocycles. The van der Waals surface area contributed by atoms with Crippen molar-refractivity contribution in [3.63, 3.8) is 0 Å². The van der Waals surface area contributed by atoms with Gasteiger partial charge in [0.25, 0.3) is 9.84 Å². The first-order valence-corrected chi connectivity index (χ1v) is 8.18. The standard InChI is InChI=1S/C13H17F3N2O2S/c14-13(15,16)21(19,20)12-5-3-11(4-6-12)18-10-2-1-8-17-9-7-10/h3-6,10,17-18H,1-2,7-9H2. The van der Waals surface area contributed by atoms with E-state index in [1.807, 2.05) is 0 Å². The molecule has 0 radical (unpaired) electrons. The van der Waals surface area contributed by atoms with Crippen LogP contribution in [-0.2, 0) is 9.84 Å². The van der Waals surface area contributed by atoms with Crippen LogP contribution in [0.4, 0.5) is 18.9 Å². The van der Waals surface area contributed by atoms with Gasteiger partial charge in [0, 0.05) is 11.7 Å². The molecule has 1 heterocycles. The third-order valence-electron chi connectivity index (χ3n) is 3.42. The monoisotopic (exact) mass is 322 g/mol. The molecule has 0 aliphatic carbocycles. The molecule has 1 fully saturated rings. The van der Waals surface area contributed by atoms with Gasteiger partial charge in [0.1, 0.15) is 0 Å². The van der Waals surface area contributed by atoms with E-state index in [2.05, 4.69) is 10.6 Å². The number of anilines is 1. The summed E-state index contributed by atoms with van der Waals surface area (Å²) in [5.74, 6) is 0. The smallest absolute Gasteiger partial charge is 0.382 e. The summed E-state index contributed by atoms with van der Waals surface area (Å²) in [7, 11) is -5.27. The summed E-state index contributed by atoms with van der Waals surface area (Å²) in [6.07, 6.45) is 2.91. The molecule has 1 atom stereocenters. The van der Waals surface area contributed by atoms with Gasteiger partial charge in [-0.1, -0.05) is 0 Å². The molecule has 1 aliphatic heterocycles. The highest BCUT2D eigenvalue weighted by molar-refractivity contribution is 7.92. The van der Waals surface area contributed by atoms with Crippen LogP contribution in [0, 0.1) is 0 Å². The maximum atomic E-state index is 12.4. The van der Waals surface area contributed by atoms with Gasteiger partial charge in [0.2, 0.25) is 0 Å². The summed E-state index contributed by atoms with van der Waals surface area (Å²) in [6.45, 7) is 1.85. The first-order chi connectivity index (χ1) is 9.80. The lowest BCUT2D eigenvalue weighted by Gasteiger charge is -2.17. The van der Waals surface area contributed by atoms with Crippen LogP contribution in [0.1, 0.15) is 19.3 Å². The zero-order valence-corrected chi connectivity index (χ0v) is 12.1. The Kier molecular flexibility index (Phi) is 4.77. The number of hydrogen-bond acceptors (Lipinski definition) is 4. The van der Waals surface area contributed by atoms with Crippen LogP contribution in [0.2, 0.25) is 0 Å². The van der Waals surface area contributed by atoms with Crippen molar-refractivity contribution in [2.45, 2.75) is 35.7 Å². The molecule has 0 saturated carbocycles. The Bertz CT molecular complexity index is 562. The Balaban J connectivity index is 2.09. The van der Waals surface area contributed by atoms with Crippen molar-refractivity contribution in [2.75, 3.05) is 18.4 Å². The number of nitrogens with one attached hydrogen (secondary N) is 2. The molecule has 2 rings (SSSR count). The summed E-state index contributed by atoms with van der Waals surface area (Å²) in [5.41, 5.74) is -4.64. The fourth-order valence-electron chi connectivity index (χ4n) is 2.26. The van der Waals surface area contributed by atoms with Crippen LogP contribution >= 0.6 is 0 Å². The van der Waals surface area contributed by atoms with Crippen LogP contribution in [0.3, 0.4) is 0 Å². The maximum Gasteiger partial charge on any atom is 0.501 e. The van der Waals surface area contributed by atoms with Gasteiger partial charge in [-0.3, -0.25) is 0 Å². The lowest BCUT2D eigenvalue weighted by atomic mass is 10.1. The van der Waals surface area contributed by atoms with Crippen molar-refractivity contribution in [3.05, 3.63) is 24.3 Å². The molecule has 1 saturated heterocycles. The molecule has 21 heavy (non-hydrogen) atoms. The van der Waals surface area contributed by atoms with E-state index in [-0.39, 0.29) is 6.04 Å². The second kappa shape index (κ2) is 6.23. The average Bonchev–Trinajstić information content (AvgIpc) is 2.67. The Labute approximate surface area is 121 Å². The van der Waals surface area contributed by atoms with Gasteiger partial charge in [-0.15, -0.1) is 0 Å². The Morgan fingerprint density at radius 1 is 1.10 bits per heavy atom. The molecule has 0 spiro atoms. The molecule has 0 aromatic heterocycles. The number of alkyl halides is 3. The highest BCUT2D eigenvalue weighted by Gasteiger charge is 2.46. The van der Waals surface area contributed by atoms with E-state index < -0.39 is 20.2 Å². The molecule has 1 aromatic rings. The largest absolute Gasteiger partial charge is 0.501 e. The Morgan fingerprint density at radius 3 is 2.38 bits per heavy atom. The predicted molar refractivity (Wildman–Crippen MR) is 73.8 cm³/mol. The molecular weight excluding hydrogens is 305 g/mol. The van der Waals surface area contributed by atoms with Gasteiger partial charge < -0.3 is 10.6 Å². The van der Waals surface area contributed by atoms with E-state index in [1.165, 1.54) is 12.1 Å². The number of sulfone groups is 1. The first-order valence-electron chi connectivity index (χ1n) is 6.69. The van der Waals surface area contributed by atoms with Crippen LogP contribution in [0.5, 0.6) is 0 Å². The third-order valence-corrected chi connectivity index (χ3v) is 4.92. The summed E-state index contributed by atoms with van der Waals surface area (Å²) < 4.78 is 59.8. The van der Waals surface area contributed by atoms with Crippen LogP contribution < -0.4 is 10.6 Å². The van der Waals surface area contributed by atoms with Crippen molar-refractivity contribution >= 4 is 15.5 Å². The molecule has 0 bridgehead atoms. The molecule has 118 valence electrons. The highest BCUT2D eigenvalue weighted by atomic mass is 32.2. The SMILES string of the molecule is O=S(=O)(c1ccc(NC2CCCNCC2)cc1)C(F)(F)F. The minimum Gasteiger partial charge on any atom is -0.382 e. The second-order valence-electron chi connectivity index (χ2n) is 5.00. The average molecular weight is 322 g/mol. The maximum absolute atomic E-state index is 12.4. The third kappa shape index (κ3) is 3.88. The van der Waals surface area contributed by atoms with Gasteiger partial charge in [-0.05, 0) is 56.6 Å². The van der Waals surface area contributed by atoms with Crippen molar-refractivity contribution in [3.8, 4) is 0 Å². The number of benzene rings is 1. The van der Waals surface area contributed by atoms with Gasteiger partial charge in [0.15, 0.2) is 0 Å². The topological polar surface area (TPSA) is 58.2 Å². The minimum atomic E-state index is -5.27. The Morgan fingerprint density at radius 2 is 1.76 bits per heavy atom. The zero-order chi connectivity index (χ0) is 15.5. The van der Waals surface area contributed by atoms with Gasteiger partial charge in [0.05, 0.1) is 4.90 Å². The molecule has 1 aliphatic rings. The van der Waals surface area contributed by atoms with Crippen LogP contribution in [-0.4, -0.2) is 33.1 Å². The van der Waals surface area contributed by atoms with Gasteiger partial charge >= 0.3 is 5.51 Å². The molecule has 8 heteroatoms.